The number of nitrogens with zero attached hydrogens (tertiary/aromatic N) is 2. The van der Waals surface area contributed by atoms with E-state index in [4.69, 9.17) is 0 Å². The van der Waals surface area contributed by atoms with Crippen LogP contribution in [0.1, 0.15) is 33.5 Å². The summed E-state index contributed by atoms with van der Waals surface area (Å²) in [6, 6.07) is 7.62. The third-order valence-electron chi connectivity index (χ3n) is 3.05. The standard InChI is InChI=1S/C16H22N4O2/c1-11(21)17-9-14-18-12-7-5-6-8-13(12)20(14)10-15(22)19-16(2,3)4/h5-8H,9-10H2,1-4H3,(H,17,21)(H,19,22). The van der Waals surface area contributed by atoms with Gasteiger partial charge in [0.1, 0.15) is 12.4 Å². The predicted molar refractivity (Wildman–Crippen MR) is 85.1 cm³/mol. The molecule has 0 aliphatic rings. The Labute approximate surface area is 129 Å². The molecule has 0 saturated carbocycles. The monoisotopic (exact) mass is 302 g/mol. The van der Waals surface area contributed by atoms with Crippen molar-refractivity contribution in [2.75, 3.05) is 0 Å². The molecule has 6 nitrogen and oxygen atoms in total. The quantitative estimate of drug-likeness (QED) is 0.900. The van der Waals surface area contributed by atoms with E-state index in [9.17, 15) is 9.59 Å². The summed E-state index contributed by atoms with van der Waals surface area (Å²) in [6.45, 7) is 7.75. The molecule has 0 unspecified atom stereocenters. The summed E-state index contributed by atoms with van der Waals surface area (Å²) in [6.07, 6.45) is 0. The second kappa shape index (κ2) is 6.17. The Morgan fingerprint density at radius 2 is 1.91 bits per heavy atom. The first kappa shape index (κ1) is 16.0. The van der Waals surface area contributed by atoms with Crippen LogP contribution < -0.4 is 10.6 Å². The molecule has 2 aromatic rings. The Balaban J connectivity index is 2.30. The lowest BCUT2D eigenvalue weighted by atomic mass is 10.1. The summed E-state index contributed by atoms with van der Waals surface area (Å²) in [5.41, 5.74) is 1.41. The highest BCUT2D eigenvalue weighted by Gasteiger charge is 2.17. The van der Waals surface area contributed by atoms with Crippen molar-refractivity contribution in [3.63, 3.8) is 0 Å². The van der Waals surface area contributed by atoms with Crippen molar-refractivity contribution >= 4 is 22.8 Å². The van der Waals surface area contributed by atoms with E-state index in [1.807, 2.05) is 49.6 Å². The molecule has 118 valence electrons. The summed E-state index contributed by atoms with van der Waals surface area (Å²) in [5, 5.41) is 5.67. The number of fused-ring (bicyclic) bond motifs is 1. The van der Waals surface area contributed by atoms with Crippen LogP contribution in [0, 0.1) is 0 Å². The molecule has 2 amide bonds. The highest BCUT2D eigenvalue weighted by molar-refractivity contribution is 5.81. The molecule has 0 aliphatic carbocycles. The number of rotatable bonds is 4. The van der Waals surface area contributed by atoms with E-state index < -0.39 is 0 Å². The second-order valence-electron chi connectivity index (χ2n) is 6.31. The van der Waals surface area contributed by atoms with Crippen LogP contribution in [-0.4, -0.2) is 26.9 Å². The van der Waals surface area contributed by atoms with Gasteiger partial charge in [-0.25, -0.2) is 4.98 Å². The maximum Gasteiger partial charge on any atom is 0.240 e. The van der Waals surface area contributed by atoms with Crippen molar-refractivity contribution in [1.82, 2.24) is 20.2 Å². The molecular formula is C16H22N4O2. The first-order chi connectivity index (χ1) is 10.3. The Hall–Kier alpha value is -2.37. The smallest absolute Gasteiger partial charge is 0.240 e. The number of nitrogens with one attached hydrogen (secondary N) is 2. The van der Waals surface area contributed by atoms with Crippen LogP contribution in [0.4, 0.5) is 0 Å². The average Bonchev–Trinajstić information content (AvgIpc) is 2.72. The normalized spacial score (nSPS) is 11.5. The fourth-order valence-electron chi connectivity index (χ4n) is 2.24. The molecule has 1 aromatic carbocycles. The topological polar surface area (TPSA) is 76.0 Å². The lowest BCUT2D eigenvalue weighted by molar-refractivity contribution is -0.123. The van der Waals surface area contributed by atoms with Gasteiger partial charge < -0.3 is 15.2 Å². The molecule has 6 heteroatoms. The van der Waals surface area contributed by atoms with E-state index in [-0.39, 0.29) is 23.9 Å². The van der Waals surface area contributed by atoms with Gasteiger partial charge in [0.25, 0.3) is 0 Å². The third kappa shape index (κ3) is 4.07. The number of aromatic nitrogens is 2. The predicted octanol–water partition coefficient (Wildman–Crippen LogP) is 1.59. The van der Waals surface area contributed by atoms with Gasteiger partial charge in [0.05, 0.1) is 17.6 Å². The molecule has 0 aliphatic heterocycles. The van der Waals surface area contributed by atoms with Gasteiger partial charge in [-0.2, -0.15) is 0 Å². The zero-order valence-corrected chi connectivity index (χ0v) is 13.4. The zero-order valence-electron chi connectivity index (χ0n) is 13.4. The minimum absolute atomic E-state index is 0.0836. The maximum atomic E-state index is 12.2. The van der Waals surface area contributed by atoms with Crippen LogP contribution in [0.5, 0.6) is 0 Å². The summed E-state index contributed by atoms with van der Waals surface area (Å²) >= 11 is 0. The van der Waals surface area contributed by atoms with Crippen LogP contribution in [0.2, 0.25) is 0 Å². The lowest BCUT2D eigenvalue weighted by Gasteiger charge is -2.21. The van der Waals surface area contributed by atoms with Crippen molar-refractivity contribution in [1.29, 1.82) is 0 Å². The summed E-state index contributed by atoms with van der Waals surface area (Å²) < 4.78 is 1.84. The molecule has 0 saturated heterocycles. The molecule has 2 rings (SSSR count). The summed E-state index contributed by atoms with van der Waals surface area (Å²) in [4.78, 5) is 27.8. The third-order valence-corrected chi connectivity index (χ3v) is 3.05. The number of amides is 2. The SMILES string of the molecule is CC(=O)NCc1nc2ccccc2n1CC(=O)NC(C)(C)C. The Bertz CT molecular complexity index is 698. The van der Waals surface area contributed by atoms with E-state index in [0.29, 0.717) is 12.4 Å². The Morgan fingerprint density at radius 1 is 1.23 bits per heavy atom. The van der Waals surface area contributed by atoms with Crippen LogP contribution >= 0.6 is 0 Å². The largest absolute Gasteiger partial charge is 0.350 e. The Kier molecular flexibility index (Phi) is 4.49. The number of hydrogen-bond donors (Lipinski definition) is 2. The van der Waals surface area contributed by atoms with Gasteiger partial charge in [0.2, 0.25) is 11.8 Å². The number of para-hydroxylation sites is 2. The number of benzene rings is 1. The molecule has 0 spiro atoms. The molecule has 1 aromatic heterocycles. The fourth-order valence-corrected chi connectivity index (χ4v) is 2.24. The molecule has 0 bridgehead atoms. The molecule has 0 fully saturated rings. The zero-order chi connectivity index (χ0) is 16.3. The van der Waals surface area contributed by atoms with Crippen LogP contribution in [-0.2, 0) is 22.7 Å². The maximum absolute atomic E-state index is 12.2. The van der Waals surface area contributed by atoms with Gasteiger partial charge in [0.15, 0.2) is 0 Å². The number of carbonyl (C=O) groups is 2. The molecular weight excluding hydrogens is 280 g/mol. The first-order valence-electron chi connectivity index (χ1n) is 7.26. The van der Waals surface area contributed by atoms with Crippen molar-refractivity contribution < 1.29 is 9.59 Å². The number of hydrogen-bond acceptors (Lipinski definition) is 3. The molecule has 0 atom stereocenters. The van der Waals surface area contributed by atoms with Gasteiger partial charge in [-0.1, -0.05) is 12.1 Å². The number of imidazole rings is 1. The van der Waals surface area contributed by atoms with Gasteiger partial charge in [-0.05, 0) is 32.9 Å². The van der Waals surface area contributed by atoms with E-state index >= 15 is 0 Å². The average molecular weight is 302 g/mol. The van der Waals surface area contributed by atoms with Gasteiger partial charge in [-0.15, -0.1) is 0 Å². The van der Waals surface area contributed by atoms with E-state index in [0.717, 1.165) is 11.0 Å². The van der Waals surface area contributed by atoms with Crippen molar-refractivity contribution in [3.05, 3.63) is 30.1 Å². The lowest BCUT2D eigenvalue weighted by Crippen LogP contribution is -2.42. The van der Waals surface area contributed by atoms with E-state index in [2.05, 4.69) is 15.6 Å². The fraction of sp³-hybridized carbons (Fsp3) is 0.438. The molecule has 0 radical (unpaired) electrons. The van der Waals surface area contributed by atoms with E-state index in [1.165, 1.54) is 6.92 Å². The van der Waals surface area contributed by atoms with Crippen LogP contribution in [0.3, 0.4) is 0 Å². The Morgan fingerprint density at radius 3 is 2.55 bits per heavy atom. The molecule has 2 N–H and O–H groups in total. The van der Waals surface area contributed by atoms with Gasteiger partial charge >= 0.3 is 0 Å². The minimum atomic E-state index is -0.286. The number of carbonyl (C=O) groups excluding carboxylic acids is 2. The molecule has 22 heavy (non-hydrogen) atoms. The molecule has 1 heterocycles. The van der Waals surface area contributed by atoms with E-state index in [1.54, 1.807) is 0 Å². The minimum Gasteiger partial charge on any atom is -0.350 e. The highest BCUT2D eigenvalue weighted by Crippen LogP contribution is 2.16. The van der Waals surface area contributed by atoms with Crippen molar-refractivity contribution in [2.45, 2.75) is 46.3 Å². The second-order valence-corrected chi connectivity index (χ2v) is 6.31. The van der Waals surface area contributed by atoms with Crippen LogP contribution in [0.15, 0.2) is 24.3 Å². The van der Waals surface area contributed by atoms with Gasteiger partial charge in [-0.3, -0.25) is 9.59 Å². The van der Waals surface area contributed by atoms with Crippen molar-refractivity contribution in [2.24, 2.45) is 0 Å². The van der Waals surface area contributed by atoms with Gasteiger partial charge in [0, 0.05) is 12.5 Å². The first-order valence-corrected chi connectivity index (χ1v) is 7.26. The van der Waals surface area contributed by atoms with Crippen molar-refractivity contribution in [3.8, 4) is 0 Å². The van der Waals surface area contributed by atoms with Crippen LogP contribution in [0.25, 0.3) is 11.0 Å². The highest BCUT2D eigenvalue weighted by atomic mass is 16.2. The summed E-state index contributed by atoms with van der Waals surface area (Å²) in [5.74, 6) is 0.456. The summed E-state index contributed by atoms with van der Waals surface area (Å²) in [7, 11) is 0.